The highest BCUT2D eigenvalue weighted by molar-refractivity contribution is 7.91. The number of imide groups is 1. The van der Waals surface area contributed by atoms with E-state index in [4.69, 9.17) is 9.47 Å². The number of carbonyl (C=O) groups is 2. The van der Waals surface area contributed by atoms with Crippen molar-refractivity contribution in [2.75, 3.05) is 11.7 Å². The van der Waals surface area contributed by atoms with Gasteiger partial charge in [0.15, 0.2) is 11.5 Å². The fourth-order valence-electron chi connectivity index (χ4n) is 3.80. The maximum Gasteiger partial charge on any atom is 0.253 e. The van der Waals surface area contributed by atoms with Gasteiger partial charge in [0.2, 0.25) is 12.7 Å². The first-order valence-electron chi connectivity index (χ1n) is 9.81. The number of rotatable bonds is 6. The van der Waals surface area contributed by atoms with Crippen molar-refractivity contribution in [1.82, 2.24) is 4.31 Å². The maximum absolute atomic E-state index is 13.5. The zero-order valence-corrected chi connectivity index (χ0v) is 18.3. The van der Waals surface area contributed by atoms with Gasteiger partial charge in [0.25, 0.3) is 15.9 Å². The number of para-hydroxylation sites is 1. The number of benzene rings is 2. The van der Waals surface area contributed by atoms with E-state index in [1.807, 2.05) is 0 Å². The number of amides is 2. The molecule has 0 aliphatic carbocycles. The van der Waals surface area contributed by atoms with E-state index in [0.29, 0.717) is 22.7 Å². The minimum atomic E-state index is -4.04. The third kappa shape index (κ3) is 3.56. The number of anilines is 1. The highest BCUT2D eigenvalue weighted by Gasteiger charge is 2.47. The minimum absolute atomic E-state index is 0.0941. The second-order valence-electron chi connectivity index (χ2n) is 7.29. The molecule has 164 valence electrons. The van der Waals surface area contributed by atoms with Gasteiger partial charge in [-0.15, -0.1) is 11.3 Å². The molecule has 5 rings (SSSR count). The van der Waals surface area contributed by atoms with Gasteiger partial charge in [-0.2, -0.15) is 4.31 Å². The Morgan fingerprint density at radius 2 is 1.78 bits per heavy atom. The largest absolute Gasteiger partial charge is 0.454 e. The molecule has 3 aromatic rings. The van der Waals surface area contributed by atoms with Gasteiger partial charge in [-0.25, -0.2) is 13.3 Å². The minimum Gasteiger partial charge on any atom is -0.454 e. The summed E-state index contributed by atoms with van der Waals surface area (Å²) in [5.74, 6) is 0.0739. The lowest BCUT2D eigenvalue weighted by molar-refractivity contribution is -0.122. The molecule has 0 radical (unpaired) electrons. The van der Waals surface area contributed by atoms with Crippen LogP contribution in [-0.2, 0) is 26.2 Å². The molecule has 1 saturated heterocycles. The number of nitrogens with zero attached hydrogens (tertiary/aromatic N) is 2. The first-order chi connectivity index (χ1) is 15.4. The first-order valence-corrected chi connectivity index (χ1v) is 12.1. The highest BCUT2D eigenvalue weighted by Crippen LogP contribution is 2.35. The Bertz CT molecular complexity index is 1280. The molecule has 0 bridgehead atoms. The van der Waals surface area contributed by atoms with Crippen LogP contribution in [0.3, 0.4) is 0 Å². The van der Waals surface area contributed by atoms with Crippen LogP contribution < -0.4 is 14.4 Å². The summed E-state index contributed by atoms with van der Waals surface area (Å²) in [6.45, 7) is 0.000826. The van der Waals surface area contributed by atoms with E-state index in [1.165, 1.54) is 6.07 Å². The SMILES string of the molecule is O=C1CC(N(Cc2ccc3c(c2)OCO3)S(=O)(=O)c2cccs2)C(=O)N1c1ccccc1. The lowest BCUT2D eigenvalue weighted by atomic mass is 10.1. The molecule has 2 aromatic carbocycles. The summed E-state index contributed by atoms with van der Waals surface area (Å²) in [4.78, 5) is 27.1. The van der Waals surface area contributed by atoms with Crippen LogP contribution in [0.15, 0.2) is 70.3 Å². The average Bonchev–Trinajstić information content (AvgIpc) is 3.53. The molecule has 0 saturated carbocycles. The Kier molecular flexibility index (Phi) is 5.20. The Balaban J connectivity index is 1.53. The molecule has 1 aromatic heterocycles. The fraction of sp³-hybridized carbons (Fsp3) is 0.182. The number of hydrogen-bond acceptors (Lipinski definition) is 7. The molecule has 2 aliphatic rings. The zero-order chi connectivity index (χ0) is 22.3. The molecule has 3 heterocycles. The Hall–Kier alpha value is -3.21. The van der Waals surface area contributed by atoms with E-state index >= 15 is 0 Å². The highest BCUT2D eigenvalue weighted by atomic mass is 32.2. The maximum atomic E-state index is 13.5. The number of hydrogen-bond donors (Lipinski definition) is 0. The van der Waals surface area contributed by atoms with Gasteiger partial charge in [-0.05, 0) is 41.3 Å². The fourth-order valence-corrected chi connectivity index (χ4v) is 6.49. The third-order valence-corrected chi connectivity index (χ3v) is 8.55. The number of thiophene rings is 1. The summed E-state index contributed by atoms with van der Waals surface area (Å²) in [6, 6.07) is 15.6. The number of sulfonamides is 1. The van der Waals surface area contributed by atoms with Crippen molar-refractivity contribution >= 4 is 38.9 Å². The van der Waals surface area contributed by atoms with Crippen LogP contribution in [0.25, 0.3) is 0 Å². The molecule has 0 spiro atoms. The first kappa shape index (κ1) is 20.7. The molecule has 1 fully saturated rings. The van der Waals surface area contributed by atoms with Crippen molar-refractivity contribution in [1.29, 1.82) is 0 Å². The van der Waals surface area contributed by atoms with Crippen molar-refractivity contribution < 1.29 is 27.5 Å². The van der Waals surface area contributed by atoms with Crippen molar-refractivity contribution in [3.05, 3.63) is 71.6 Å². The van der Waals surface area contributed by atoms with Gasteiger partial charge in [0.05, 0.1) is 12.1 Å². The average molecular weight is 471 g/mol. The normalized spacial score (nSPS) is 18.0. The van der Waals surface area contributed by atoms with E-state index in [-0.39, 0.29) is 24.0 Å². The zero-order valence-electron chi connectivity index (χ0n) is 16.7. The molecular formula is C22H18N2O6S2. The Morgan fingerprint density at radius 3 is 2.53 bits per heavy atom. The molecule has 2 amide bonds. The number of ether oxygens (including phenoxy) is 2. The monoisotopic (exact) mass is 470 g/mol. The standard InChI is InChI=1S/C22H18N2O6S2/c25-20-12-17(22(26)24(20)16-5-2-1-3-6-16)23(32(27,28)21-7-4-10-31-21)13-15-8-9-18-19(11-15)30-14-29-18/h1-11,17H,12-14H2. The second kappa shape index (κ2) is 8.05. The van der Waals surface area contributed by atoms with Crippen LogP contribution in [0.1, 0.15) is 12.0 Å². The quantitative estimate of drug-likeness (QED) is 0.514. The van der Waals surface area contributed by atoms with E-state index < -0.39 is 27.9 Å². The van der Waals surface area contributed by atoms with Crippen LogP contribution in [0.5, 0.6) is 11.5 Å². The predicted octanol–water partition coefficient (Wildman–Crippen LogP) is 3.00. The molecule has 10 heteroatoms. The molecule has 2 aliphatic heterocycles. The molecule has 1 unspecified atom stereocenters. The van der Waals surface area contributed by atoms with Crippen molar-refractivity contribution in [2.24, 2.45) is 0 Å². The number of carbonyl (C=O) groups excluding carboxylic acids is 2. The van der Waals surface area contributed by atoms with Gasteiger partial charge >= 0.3 is 0 Å². The lowest BCUT2D eigenvalue weighted by Crippen LogP contribution is -2.44. The summed E-state index contributed by atoms with van der Waals surface area (Å²) in [6.07, 6.45) is -0.233. The Morgan fingerprint density at radius 1 is 1.00 bits per heavy atom. The van der Waals surface area contributed by atoms with Crippen LogP contribution in [0.2, 0.25) is 0 Å². The smallest absolute Gasteiger partial charge is 0.253 e. The van der Waals surface area contributed by atoms with E-state index in [2.05, 4.69) is 0 Å². The van der Waals surface area contributed by atoms with Gasteiger partial charge in [0, 0.05) is 6.54 Å². The van der Waals surface area contributed by atoms with E-state index in [0.717, 1.165) is 20.5 Å². The lowest BCUT2D eigenvalue weighted by Gasteiger charge is -2.26. The van der Waals surface area contributed by atoms with E-state index in [1.54, 1.807) is 60.0 Å². The summed E-state index contributed by atoms with van der Waals surface area (Å²) in [5, 5.41) is 1.66. The summed E-state index contributed by atoms with van der Waals surface area (Å²) < 4.78 is 39.0. The van der Waals surface area contributed by atoms with Gasteiger partial charge in [-0.3, -0.25) is 9.59 Å². The van der Waals surface area contributed by atoms with Crippen molar-refractivity contribution in [2.45, 2.75) is 23.2 Å². The Labute approximate surface area is 188 Å². The molecule has 8 nitrogen and oxygen atoms in total. The van der Waals surface area contributed by atoms with Crippen LogP contribution >= 0.6 is 11.3 Å². The number of fused-ring (bicyclic) bond motifs is 1. The van der Waals surface area contributed by atoms with Gasteiger partial charge < -0.3 is 9.47 Å². The van der Waals surface area contributed by atoms with Gasteiger partial charge in [0.1, 0.15) is 10.3 Å². The van der Waals surface area contributed by atoms with Crippen LogP contribution in [0, 0.1) is 0 Å². The molecular weight excluding hydrogens is 452 g/mol. The van der Waals surface area contributed by atoms with Gasteiger partial charge in [-0.1, -0.05) is 30.3 Å². The van der Waals surface area contributed by atoms with Crippen molar-refractivity contribution in [3.8, 4) is 11.5 Å². The van der Waals surface area contributed by atoms with E-state index in [9.17, 15) is 18.0 Å². The topological polar surface area (TPSA) is 93.2 Å². The summed E-state index contributed by atoms with van der Waals surface area (Å²) in [5.41, 5.74) is 1.04. The molecule has 0 N–H and O–H groups in total. The van der Waals surface area contributed by atoms with Crippen LogP contribution in [-0.4, -0.2) is 37.4 Å². The summed E-state index contributed by atoms with van der Waals surface area (Å²) in [7, 11) is -4.04. The third-order valence-electron chi connectivity index (χ3n) is 5.32. The molecule has 32 heavy (non-hydrogen) atoms. The second-order valence-corrected chi connectivity index (χ2v) is 10.4. The summed E-state index contributed by atoms with van der Waals surface area (Å²) >= 11 is 1.06. The van der Waals surface area contributed by atoms with Crippen LogP contribution in [0.4, 0.5) is 5.69 Å². The van der Waals surface area contributed by atoms with Crippen molar-refractivity contribution in [3.63, 3.8) is 0 Å². The molecule has 1 atom stereocenters. The predicted molar refractivity (Wildman–Crippen MR) is 117 cm³/mol.